The average molecular weight is 407 g/mol. The van der Waals surface area contributed by atoms with Crippen LogP contribution < -0.4 is 10.0 Å². The second-order valence-corrected chi connectivity index (χ2v) is 7.50. The maximum absolute atomic E-state index is 12.5. The van der Waals surface area contributed by atoms with E-state index in [-0.39, 0.29) is 15.5 Å². The van der Waals surface area contributed by atoms with E-state index in [1.165, 1.54) is 6.07 Å². The lowest BCUT2D eigenvalue weighted by Gasteiger charge is -2.12. The van der Waals surface area contributed by atoms with Gasteiger partial charge in [-0.15, -0.1) is 0 Å². The fourth-order valence-corrected chi connectivity index (χ4v) is 3.32. The number of hydrogen-bond acceptors (Lipinski definition) is 3. The van der Waals surface area contributed by atoms with Crippen molar-refractivity contribution in [3.63, 3.8) is 0 Å². The first kappa shape index (κ1) is 20.1. The molecule has 2 aromatic rings. The summed E-state index contributed by atoms with van der Waals surface area (Å²) >= 11 is 5.81. The molecule has 0 heterocycles. The Morgan fingerprint density at radius 2 is 1.85 bits per heavy atom. The molecule has 0 unspecified atom stereocenters. The monoisotopic (exact) mass is 406 g/mol. The van der Waals surface area contributed by atoms with Crippen molar-refractivity contribution in [2.45, 2.75) is 18.0 Å². The molecule has 5 nitrogen and oxygen atoms in total. The van der Waals surface area contributed by atoms with E-state index in [1.54, 1.807) is 30.4 Å². The van der Waals surface area contributed by atoms with Crippen molar-refractivity contribution >= 4 is 33.2 Å². The van der Waals surface area contributed by atoms with Crippen LogP contribution in [0, 0.1) is 6.92 Å². The van der Waals surface area contributed by atoms with E-state index in [4.69, 9.17) is 11.6 Å². The highest BCUT2D eigenvalue weighted by molar-refractivity contribution is 7.92. The third-order valence-corrected chi connectivity index (χ3v) is 4.92. The Labute approximate surface area is 153 Å². The van der Waals surface area contributed by atoms with Crippen LogP contribution in [0.4, 0.5) is 18.9 Å². The minimum atomic E-state index is -4.60. The number of benzene rings is 2. The second kappa shape index (κ2) is 7.55. The van der Waals surface area contributed by atoms with Crippen LogP contribution >= 0.6 is 11.6 Å². The van der Waals surface area contributed by atoms with Crippen LogP contribution in [-0.4, -0.2) is 27.0 Å². The van der Waals surface area contributed by atoms with Gasteiger partial charge in [-0.2, -0.15) is 13.2 Å². The molecule has 2 aromatic carbocycles. The Balaban J connectivity index is 2.28. The molecule has 26 heavy (non-hydrogen) atoms. The number of aryl methyl sites for hydroxylation is 1. The number of nitrogens with one attached hydrogen (secondary N) is 2. The zero-order chi connectivity index (χ0) is 19.5. The summed E-state index contributed by atoms with van der Waals surface area (Å²) in [6.07, 6.45) is -4.60. The number of carbonyl (C=O) groups is 1. The molecule has 140 valence electrons. The second-order valence-electron chi connectivity index (χ2n) is 5.41. The van der Waals surface area contributed by atoms with Gasteiger partial charge in [-0.25, -0.2) is 8.42 Å². The minimum Gasteiger partial charge on any atom is -0.343 e. The summed E-state index contributed by atoms with van der Waals surface area (Å²) in [7, 11) is -4.06. The van der Waals surface area contributed by atoms with Crippen LogP contribution in [0.5, 0.6) is 0 Å². The van der Waals surface area contributed by atoms with Gasteiger partial charge < -0.3 is 5.32 Å². The van der Waals surface area contributed by atoms with Crippen molar-refractivity contribution in [3.8, 4) is 0 Å². The molecule has 0 spiro atoms. The van der Waals surface area contributed by atoms with Crippen LogP contribution in [0.15, 0.2) is 47.4 Å². The van der Waals surface area contributed by atoms with Gasteiger partial charge in [0.05, 0.1) is 15.5 Å². The number of rotatable bonds is 5. The largest absolute Gasteiger partial charge is 0.405 e. The molecule has 0 atom stereocenters. The van der Waals surface area contributed by atoms with Gasteiger partial charge in [-0.3, -0.25) is 9.52 Å². The highest BCUT2D eigenvalue weighted by Crippen LogP contribution is 2.23. The van der Waals surface area contributed by atoms with Crippen molar-refractivity contribution < 1.29 is 26.4 Å². The lowest BCUT2D eigenvalue weighted by Crippen LogP contribution is -2.34. The Bertz CT molecular complexity index is 931. The number of amides is 1. The van der Waals surface area contributed by atoms with Crippen LogP contribution in [0.3, 0.4) is 0 Å². The highest BCUT2D eigenvalue weighted by Gasteiger charge is 2.28. The fraction of sp³-hybridized carbons (Fsp3) is 0.188. The summed E-state index contributed by atoms with van der Waals surface area (Å²) in [4.78, 5) is 11.6. The third kappa shape index (κ3) is 5.37. The third-order valence-electron chi connectivity index (χ3n) is 3.21. The topological polar surface area (TPSA) is 75.3 Å². The van der Waals surface area contributed by atoms with E-state index in [0.29, 0.717) is 5.69 Å². The van der Waals surface area contributed by atoms with E-state index >= 15 is 0 Å². The number of halogens is 4. The average Bonchev–Trinajstić information content (AvgIpc) is 2.51. The Morgan fingerprint density at radius 3 is 2.46 bits per heavy atom. The SMILES string of the molecule is Cc1cccc(NS(=O)(=O)c2ccc(Cl)c(C(=O)NCC(F)(F)F)c2)c1. The molecule has 0 saturated heterocycles. The van der Waals surface area contributed by atoms with Gasteiger partial charge in [0.1, 0.15) is 6.54 Å². The predicted molar refractivity (Wildman–Crippen MR) is 91.8 cm³/mol. The number of alkyl halides is 3. The van der Waals surface area contributed by atoms with Gasteiger partial charge in [-0.05, 0) is 42.8 Å². The number of carbonyl (C=O) groups excluding carboxylic acids is 1. The molecule has 0 radical (unpaired) electrons. The van der Waals surface area contributed by atoms with Gasteiger partial charge in [0.2, 0.25) is 0 Å². The minimum absolute atomic E-state index is 0.167. The Morgan fingerprint density at radius 1 is 1.15 bits per heavy atom. The molecule has 0 aliphatic carbocycles. The number of anilines is 1. The van der Waals surface area contributed by atoms with Gasteiger partial charge in [0.25, 0.3) is 15.9 Å². The molecule has 1 amide bonds. The molecule has 2 rings (SSSR count). The smallest absolute Gasteiger partial charge is 0.343 e. The van der Waals surface area contributed by atoms with Gasteiger partial charge in [0.15, 0.2) is 0 Å². The first-order chi connectivity index (χ1) is 12.0. The van der Waals surface area contributed by atoms with Crippen LogP contribution in [0.2, 0.25) is 5.02 Å². The molecular formula is C16H14ClF3N2O3S. The van der Waals surface area contributed by atoms with Crippen molar-refractivity contribution in [1.82, 2.24) is 5.32 Å². The molecule has 0 aromatic heterocycles. The summed E-state index contributed by atoms with van der Waals surface area (Å²) in [5.41, 5.74) is 0.764. The van der Waals surface area contributed by atoms with Gasteiger partial charge >= 0.3 is 6.18 Å². The maximum atomic E-state index is 12.5. The fourth-order valence-electron chi connectivity index (χ4n) is 2.04. The highest BCUT2D eigenvalue weighted by atomic mass is 35.5. The molecule has 0 aliphatic heterocycles. The van der Waals surface area contributed by atoms with Gasteiger partial charge in [0, 0.05) is 5.69 Å². The van der Waals surface area contributed by atoms with Crippen molar-refractivity contribution in [3.05, 3.63) is 58.6 Å². The zero-order valence-corrected chi connectivity index (χ0v) is 15.0. The molecule has 2 N–H and O–H groups in total. The number of hydrogen-bond donors (Lipinski definition) is 2. The molecule has 0 bridgehead atoms. The van der Waals surface area contributed by atoms with E-state index in [9.17, 15) is 26.4 Å². The lowest BCUT2D eigenvalue weighted by molar-refractivity contribution is -0.123. The first-order valence-corrected chi connectivity index (χ1v) is 9.08. The molecule has 0 saturated carbocycles. The Kier molecular flexibility index (Phi) is 5.82. The summed E-state index contributed by atoms with van der Waals surface area (Å²) in [6, 6.07) is 9.79. The maximum Gasteiger partial charge on any atom is 0.405 e. The molecule has 10 heteroatoms. The van der Waals surface area contributed by atoms with Crippen molar-refractivity contribution in [1.29, 1.82) is 0 Å². The lowest BCUT2D eigenvalue weighted by atomic mass is 10.2. The van der Waals surface area contributed by atoms with Crippen LogP contribution in [-0.2, 0) is 10.0 Å². The van der Waals surface area contributed by atoms with E-state index in [2.05, 4.69) is 4.72 Å². The standard InChI is InChI=1S/C16H14ClF3N2O3S/c1-10-3-2-4-11(7-10)22-26(24,25)12-5-6-14(17)13(8-12)15(23)21-9-16(18,19)20/h2-8,22H,9H2,1H3,(H,21,23). The quantitative estimate of drug-likeness (QED) is 0.794. The molecule has 0 aliphatic rings. The summed E-state index contributed by atoms with van der Waals surface area (Å²) in [6.45, 7) is 0.226. The normalized spacial score (nSPS) is 11.9. The van der Waals surface area contributed by atoms with E-state index < -0.39 is 28.7 Å². The van der Waals surface area contributed by atoms with Crippen molar-refractivity contribution in [2.75, 3.05) is 11.3 Å². The summed E-state index contributed by atoms with van der Waals surface area (Å²) < 4.78 is 63.9. The van der Waals surface area contributed by atoms with Gasteiger partial charge in [-0.1, -0.05) is 23.7 Å². The first-order valence-electron chi connectivity index (χ1n) is 7.22. The van der Waals surface area contributed by atoms with Crippen molar-refractivity contribution in [2.24, 2.45) is 0 Å². The van der Waals surface area contributed by atoms with E-state index in [0.717, 1.165) is 23.8 Å². The van der Waals surface area contributed by atoms with E-state index in [1.807, 2.05) is 0 Å². The van der Waals surface area contributed by atoms with Crippen LogP contribution in [0.1, 0.15) is 15.9 Å². The predicted octanol–water partition coefficient (Wildman–Crippen LogP) is 3.74. The summed E-state index contributed by atoms with van der Waals surface area (Å²) in [5, 5.41) is 1.48. The number of sulfonamides is 1. The summed E-state index contributed by atoms with van der Waals surface area (Å²) in [5.74, 6) is -1.13. The Hall–Kier alpha value is -2.26. The molecule has 0 fully saturated rings. The van der Waals surface area contributed by atoms with Crippen LogP contribution in [0.25, 0.3) is 0 Å². The zero-order valence-electron chi connectivity index (χ0n) is 13.4. The molecular weight excluding hydrogens is 393 g/mol.